The van der Waals surface area contributed by atoms with Crippen molar-refractivity contribution >= 4 is 17.9 Å². The van der Waals surface area contributed by atoms with Crippen molar-refractivity contribution < 1.29 is 28.6 Å². The number of allylic oxidation sites excluding steroid dienone is 12. The van der Waals surface area contributed by atoms with Gasteiger partial charge in [0.2, 0.25) is 0 Å². The second kappa shape index (κ2) is 52.5. The Morgan fingerprint density at radius 2 is 0.641 bits per heavy atom. The first-order chi connectivity index (χ1) is 31.5. The number of unbranched alkanes of at least 4 members (excludes halogenated alkanes) is 26. The van der Waals surface area contributed by atoms with Crippen molar-refractivity contribution in [2.24, 2.45) is 0 Å². The molecule has 0 aliphatic carbocycles. The molecule has 0 amide bonds. The van der Waals surface area contributed by atoms with Crippen molar-refractivity contribution in [3.8, 4) is 0 Å². The van der Waals surface area contributed by atoms with Gasteiger partial charge in [0.1, 0.15) is 13.2 Å². The minimum atomic E-state index is -0.806. The lowest BCUT2D eigenvalue weighted by molar-refractivity contribution is -0.167. The third-order valence-corrected chi connectivity index (χ3v) is 11.4. The largest absolute Gasteiger partial charge is 0.462 e. The van der Waals surface area contributed by atoms with Gasteiger partial charge in [0.05, 0.1) is 0 Å². The van der Waals surface area contributed by atoms with Crippen LogP contribution in [0.25, 0.3) is 0 Å². The van der Waals surface area contributed by atoms with Crippen molar-refractivity contribution in [3.63, 3.8) is 0 Å². The average Bonchev–Trinajstić information content (AvgIpc) is 3.29. The zero-order valence-corrected chi connectivity index (χ0v) is 42.0. The van der Waals surface area contributed by atoms with Gasteiger partial charge < -0.3 is 14.2 Å². The van der Waals surface area contributed by atoms with Crippen LogP contribution in [0.5, 0.6) is 0 Å². The van der Waals surface area contributed by atoms with Gasteiger partial charge in [0.25, 0.3) is 0 Å². The van der Waals surface area contributed by atoms with Crippen molar-refractivity contribution in [2.45, 2.75) is 264 Å². The topological polar surface area (TPSA) is 78.9 Å². The van der Waals surface area contributed by atoms with Crippen LogP contribution in [0.4, 0.5) is 0 Å². The van der Waals surface area contributed by atoms with E-state index in [9.17, 15) is 14.4 Å². The van der Waals surface area contributed by atoms with Gasteiger partial charge in [-0.1, -0.05) is 216 Å². The summed E-state index contributed by atoms with van der Waals surface area (Å²) in [5.74, 6) is -0.969. The summed E-state index contributed by atoms with van der Waals surface area (Å²) in [5, 5.41) is 0. The molecule has 64 heavy (non-hydrogen) atoms. The minimum Gasteiger partial charge on any atom is -0.462 e. The lowest BCUT2D eigenvalue weighted by atomic mass is 10.1. The smallest absolute Gasteiger partial charge is 0.306 e. The highest BCUT2D eigenvalue weighted by atomic mass is 16.6. The Kier molecular flexibility index (Phi) is 49.9. The lowest BCUT2D eigenvalue weighted by Gasteiger charge is -2.18. The number of hydrogen-bond donors (Lipinski definition) is 0. The minimum absolute atomic E-state index is 0.101. The molecule has 0 bridgehead atoms. The molecule has 0 rings (SSSR count). The molecule has 6 heteroatoms. The molecule has 0 aromatic carbocycles. The predicted molar refractivity (Wildman–Crippen MR) is 274 cm³/mol. The maximum Gasteiger partial charge on any atom is 0.306 e. The van der Waals surface area contributed by atoms with Gasteiger partial charge in [-0.2, -0.15) is 0 Å². The third-order valence-electron chi connectivity index (χ3n) is 11.4. The highest BCUT2D eigenvalue weighted by Gasteiger charge is 2.19. The van der Waals surface area contributed by atoms with E-state index >= 15 is 0 Å². The van der Waals surface area contributed by atoms with E-state index in [0.717, 1.165) is 77.0 Å². The second-order valence-electron chi connectivity index (χ2n) is 17.8. The Labute approximate surface area is 395 Å². The van der Waals surface area contributed by atoms with E-state index in [1.807, 2.05) is 0 Å². The van der Waals surface area contributed by atoms with Gasteiger partial charge in [0.15, 0.2) is 6.10 Å². The summed E-state index contributed by atoms with van der Waals surface area (Å²) in [4.78, 5) is 37.9. The summed E-state index contributed by atoms with van der Waals surface area (Å²) in [6.45, 7) is 6.51. The van der Waals surface area contributed by atoms with Crippen LogP contribution in [-0.2, 0) is 28.6 Å². The number of hydrogen-bond acceptors (Lipinski definition) is 6. The van der Waals surface area contributed by atoms with Gasteiger partial charge in [-0.3, -0.25) is 14.4 Å². The van der Waals surface area contributed by atoms with Crippen LogP contribution in [0.15, 0.2) is 72.9 Å². The molecule has 0 aliphatic rings. The molecule has 6 nitrogen and oxygen atoms in total. The number of carbonyl (C=O) groups excluding carboxylic acids is 3. The number of rotatable bonds is 48. The third kappa shape index (κ3) is 49.9. The Bertz CT molecular complexity index is 1210. The summed E-state index contributed by atoms with van der Waals surface area (Å²) < 4.78 is 16.7. The summed E-state index contributed by atoms with van der Waals surface area (Å²) in [7, 11) is 0. The van der Waals surface area contributed by atoms with E-state index < -0.39 is 6.10 Å². The van der Waals surface area contributed by atoms with Crippen LogP contribution in [0.2, 0.25) is 0 Å². The van der Waals surface area contributed by atoms with Crippen LogP contribution < -0.4 is 0 Å². The molecule has 0 aliphatic heterocycles. The Morgan fingerprint density at radius 1 is 0.328 bits per heavy atom. The molecule has 0 heterocycles. The van der Waals surface area contributed by atoms with E-state index in [2.05, 4.69) is 93.7 Å². The van der Waals surface area contributed by atoms with Crippen molar-refractivity contribution in [2.75, 3.05) is 13.2 Å². The SMILES string of the molecule is CCCC/C=C\CCCCCCC(=O)OCC(COC(=O)CCCCCCCCCCCC/C=C\C=C/CCCCC)OC(=O)CCC/C=C\C/C=C\C/C=C\CCCCCCCC. The van der Waals surface area contributed by atoms with Crippen LogP contribution in [0.1, 0.15) is 258 Å². The fourth-order valence-corrected chi connectivity index (χ4v) is 7.31. The maximum atomic E-state index is 12.8. The van der Waals surface area contributed by atoms with Gasteiger partial charge in [-0.05, 0) is 96.3 Å². The first kappa shape index (κ1) is 60.9. The summed E-state index contributed by atoms with van der Waals surface area (Å²) in [6.07, 6.45) is 66.1. The average molecular weight is 893 g/mol. The quantitative estimate of drug-likeness (QED) is 0.0199. The molecule has 0 aromatic rings. The molecule has 1 atom stereocenters. The lowest BCUT2D eigenvalue weighted by Crippen LogP contribution is -2.30. The van der Waals surface area contributed by atoms with Crippen LogP contribution in [-0.4, -0.2) is 37.2 Å². The maximum absolute atomic E-state index is 12.8. The zero-order chi connectivity index (χ0) is 46.5. The fraction of sp³-hybridized carbons (Fsp3) is 0.741. The summed E-state index contributed by atoms with van der Waals surface area (Å²) >= 11 is 0. The van der Waals surface area contributed by atoms with Crippen molar-refractivity contribution in [3.05, 3.63) is 72.9 Å². The molecule has 0 saturated heterocycles. The molecule has 1 unspecified atom stereocenters. The number of esters is 3. The molecular weight excluding hydrogens is 793 g/mol. The van der Waals surface area contributed by atoms with E-state index in [1.54, 1.807) is 0 Å². The summed E-state index contributed by atoms with van der Waals surface area (Å²) in [6, 6.07) is 0. The first-order valence-corrected chi connectivity index (χ1v) is 27.0. The summed E-state index contributed by atoms with van der Waals surface area (Å²) in [5.41, 5.74) is 0. The van der Waals surface area contributed by atoms with Gasteiger partial charge in [-0.25, -0.2) is 0 Å². The van der Waals surface area contributed by atoms with Crippen LogP contribution in [0, 0.1) is 0 Å². The molecule has 0 radical (unpaired) electrons. The molecule has 0 saturated carbocycles. The Hall–Kier alpha value is -3.15. The molecule has 0 fully saturated rings. The van der Waals surface area contributed by atoms with E-state index in [-0.39, 0.29) is 37.5 Å². The standard InChI is InChI=1S/C58H100O6/c1-4-7-10-13-16-19-22-24-26-28-29-31-32-34-36-39-42-45-48-51-57(60)63-54-55(53-62-56(59)50-47-44-41-38-21-18-15-12-9-6-3)64-58(61)52-49-46-43-40-37-35-33-30-27-25-23-20-17-14-11-8-5-2/h15-16,18-19,22,24-25,27,33,35,40,43,55H,4-14,17,20-21,23,26,28-32,34,36-39,41-42,44-54H2,1-3H3/b18-15-,19-16-,24-22-,27-25-,35-33-,43-40-. The predicted octanol–water partition coefficient (Wildman–Crippen LogP) is 17.8. The zero-order valence-electron chi connectivity index (χ0n) is 42.0. The van der Waals surface area contributed by atoms with Crippen LogP contribution >= 0.6 is 0 Å². The normalized spacial score (nSPS) is 12.6. The van der Waals surface area contributed by atoms with Gasteiger partial charge in [-0.15, -0.1) is 0 Å². The van der Waals surface area contributed by atoms with Crippen LogP contribution in [0.3, 0.4) is 0 Å². The van der Waals surface area contributed by atoms with E-state index in [0.29, 0.717) is 19.3 Å². The highest BCUT2D eigenvalue weighted by molar-refractivity contribution is 5.71. The Balaban J connectivity index is 4.41. The monoisotopic (exact) mass is 893 g/mol. The van der Waals surface area contributed by atoms with Crippen molar-refractivity contribution in [1.29, 1.82) is 0 Å². The van der Waals surface area contributed by atoms with E-state index in [4.69, 9.17) is 14.2 Å². The number of carbonyl (C=O) groups is 3. The molecule has 0 spiro atoms. The second-order valence-corrected chi connectivity index (χ2v) is 17.8. The molecule has 0 aromatic heterocycles. The molecule has 368 valence electrons. The number of ether oxygens (including phenoxy) is 3. The Morgan fingerprint density at radius 3 is 1.11 bits per heavy atom. The van der Waals surface area contributed by atoms with Crippen molar-refractivity contribution in [1.82, 2.24) is 0 Å². The highest BCUT2D eigenvalue weighted by Crippen LogP contribution is 2.14. The molecule has 0 N–H and O–H groups in total. The fourth-order valence-electron chi connectivity index (χ4n) is 7.31. The van der Waals surface area contributed by atoms with E-state index in [1.165, 1.54) is 135 Å². The molecular formula is C58H100O6. The first-order valence-electron chi connectivity index (χ1n) is 27.0. The van der Waals surface area contributed by atoms with Gasteiger partial charge >= 0.3 is 17.9 Å². The van der Waals surface area contributed by atoms with Gasteiger partial charge in [0, 0.05) is 19.3 Å².